The van der Waals surface area contributed by atoms with Gasteiger partial charge in [0.25, 0.3) is 17.7 Å². The number of aromatic nitrogens is 1. The highest BCUT2D eigenvalue weighted by Gasteiger charge is 2.34. The standard InChI is InChI=1S/C56H64ClN7O10S/c1-39-34-50(62-47-14-12-46(57)13-15-47)49-35-44(11-18-52(49)64(39)40(2)65)41-5-7-43(8-6-41)55(67)61-20-24-70-26-28-72-30-32-73-31-29-71-27-25-69-23-19-59-53(66)38-74-48-16-9-42(10-17-48)51-4-3-22-63(51)56(68)45(37-58)36-54-60-21-33-75-54/h5-18,21,33,35-36,39,50-51,62H,3-4,19-20,22-32,34,38H2,1-2H3,(H,59,66)(H,61,67)/b45-36+/t39-,50+,51?/m0/s1. The van der Waals surface area contributed by atoms with Crippen molar-refractivity contribution in [1.29, 1.82) is 5.26 Å². The third kappa shape index (κ3) is 16.9. The van der Waals surface area contributed by atoms with Crippen LogP contribution in [0.3, 0.4) is 0 Å². The molecule has 4 amide bonds. The van der Waals surface area contributed by atoms with Gasteiger partial charge in [0.15, 0.2) is 6.61 Å². The van der Waals surface area contributed by atoms with Crippen molar-refractivity contribution >= 4 is 64.0 Å². The lowest BCUT2D eigenvalue weighted by Gasteiger charge is -2.39. The van der Waals surface area contributed by atoms with Gasteiger partial charge >= 0.3 is 0 Å². The van der Waals surface area contributed by atoms with Crippen LogP contribution in [-0.4, -0.2) is 132 Å². The molecule has 3 N–H and O–H groups in total. The third-order valence-electron chi connectivity index (χ3n) is 12.5. The summed E-state index contributed by atoms with van der Waals surface area (Å²) in [6.07, 6.45) is 5.52. The second-order valence-corrected chi connectivity index (χ2v) is 19.1. The Morgan fingerprint density at radius 1 is 0.800 bits per heavy atom. The summed E-state index contributed by atoms with van der Waals surface area (Å²) in [5, 5.41) is 22.0. The number of fused-ring (bicyclic) bond motifs is 1. The highest BCUT2D eigenvalue weighted by molar-refractivity contribution is 7.10. The zero-order chi connectivity index (χ0) is 52.8. The average molecular weight is 1060 g/mol. The average Bonchev–Trinajstić information content (AvgIpc) is 4.14. The molecule has 1 saturated heterocycles. The number of nitrogens with one attached hydrogen (secondary N) is 3. The zero-order valence-corrected chi connectivity index (χ0v) is 43.9. The summed E-state index contributed by atoms with van der Waals surface area (Å²) in [6, 6.07) is 30.4. The quantitative estimate of drug-likeness (QED) is 0.0247. The first-order chi connectivity index (χ1) is 36.6. The molecule has 1 fully saturated rings. The van der Waals surface area contributed by atoms with E-state index >= 15 is 0 Å². The number of amides is 4. The molecule has 0 aliphatic carbocycles. The first kappa shape index (κ1) is 56.0. The number of halogens is 1. The molecule has 19 heteroatoms. The third-order valence-corrected chi connectivity index (χ3v) is 13.5. The van der Waals surface area contributed by atoms with Crippen LogP contribution < -0.4 is 25.6 Å². The monoisotopic (exact) mass is 1060 g/mol. The Hall–Kier alpha value is -6.69. The van der Waals surface area contributed by atoms with E-state index in [2.05, 4.69) is 33.9 Å². The van der Waals surface area contributed by atoms with Crippen LogP contribution >= 0.6 is 22.9 Å². The molecule has 2 aliphatic heterocycles. The van der Waals surface area contributed by atoms with Crippen LogP contribution in [0.5, 0.6) is 5.75 Å². The Morgan fingerprint density at radius 2 is 1.43 bits per heavy atom. The summed E-state index contributed by atoms with van der Waals surface area (Å²) < 4.78 is 33.5. The van der Waals surface area contributed by atoms with E-state index < -0.39 is 0 Å². The van der Waals surface area contributed by atoms with E-state index in [-0.39, 0.29) is 53.9 Å². The molecule has 5 aromatic rings. The van der Waals surface area contributed by atoms with Crippen molar-refractivity contribution in [2.24, 2.45) is 0 Å². The van der Waals surface area contributed by atoms with Crippen LogP contribution in [0.2, 0.25) is 5.02 Å². The molecule has 0 bridgehead atoms. The number of benzene rings is 4. The molecule has 396 valence electrons. The van der Waals surface area contributed by atoms with E-state index in [0.29, 0.717) is 107 Å². The predicted molar refractivity (Wildman–Crippen MR) is 288 cm³/mol. The van der Waals surface area contributed by atoms with Crippen LogP contribution in [0, 0.1) is 11.3 Å². The van der Waals surface area contributed by atoms with Crippen molar-refractivity contribution < 1.29 is 47.6 Å². The summed E-state index contributed by atoms with van der Waals surface area (Å²) in [7, 11) is 0. The van der Waals surface area contributed by atoms with E-state index in [1.807, 2.05) is 71.6 Å². The molecule has 3 heterocycles. The van der Waals surface area contributed by atoms with Gasteiger partial charge < -0.3 is 54.2 Å². The SMILES string of the molecule is CC(=O)N1c2ccc(-c3ccc(C(=O)NCCOCCOCCOCCOCCOCCNC(=O)COc4ccc(C5CCCN5C(=O)/C(C#N)=C/c5nccs5)cc4)cc3)cc2[C@H](Nc2ccc(Cl)cc2)C[C@@H]1C. The summed E-state index contributed by atoms with van der Waals surface area (Å²) in [4.78, 5) is 58.8. The Bertz CT molecular complexity index is 2700. The normalized spacial score (nSPS) is 16.2. The van der Waals surface area contributed by atoms with Gasteiger partial charge in [0.2, 0.25) is 5.91 Å². The number of nitriles is 1. The first-order valence-electron chi connectivity index (χ1n) is 25.1. The summed E-state index contributed by atoms with van der Waals surface area (Å²) >= 11 is 7.49. The van der Waals surface area contributed by atoms with Crippen molar-refractivity contribution in [3.8, 4) is 22.9 Å². The lowest BCUT2D eigenvalue weighted by atomic mass is 9.88. The van der Waals surface area contributed by atoms with E-state index in [1.165, 1.54) is 17.4 Å². The lowest BCUT2D eigenvalue weighted by molar-refractivity contribution is -0.127. The number of hydrogen-bond donors (Lipinski definition) is 3. The fourth-order valence-corrected chi connectivity index (χ4v) is 9.57. The molecule has 1 unspecified atom stereocenters. The second kappa shape index (κ2) is 29.4. The van der Waals surface area contributed by atoms with E-state index in [9.17, 15) is 24.4 Å². The van der Waals surface area contributed by atoms with Gasteiger partial charge in [0.1, 0.15) is 22.4 Å². The number of thiazole rings is 1. The number of carbonyl (C=O) groups excluding carboxylic acids is 4. The maximum atomic E-state index is 13.2. The number of hydrogen-bond acceptors (Lipinski definition) is 14. The molecule has 4 aromatic carbocycles. The molecule has 0 spiro atoms. The van der Waals surface area contributed by atoms with E-state index in [4.69, 9.17) is 40.0 Å². The fraction of sp³-hybridized carbons (Fsp3) is 0.393. The molecule has 7 rings (SSSR count). The molecule has 17 nitrogen and oxygen atoms in total. The molecule has 75 heavy (non-hydrogen) atoms. The number of carbonyl (C=O) groups is 4. The van der Waals surface area contributed by atoms with Crippen molar-refractivity contribution in [2.45, 2.75) is 51.2 Å². The maximum Gasteiger partial charge on any atom is 0.265 e. The highest BCUT2D eigenvalue weighted by Crippen LogP contribution is 2.41. The van der Waals surface area contributed by atoms with Gasteiger partial charge in [0.05, 0.1) is 78.2 Å². The summed E-state index contributed by atoms with van der Waals surface area (Å²) in [5.74, 6) is -0.249. The van der Waals surface area contributed by atoms with Crippen molar-refractivity contribution in [2.75, 3.05) is 103 Å². The second-order valence-electron chi connectivity index (χ2n) is 17.8. The minimum absolute atomic E-state index is 0.00185. The van der Waals surface area contributed by atoms with Crippen LogP contribution in [0.1, 0.15) is 71.7 Å². The van der Waals surface area contributed by atoms with Gasteiger partial charge in [-0.05, 0) is 115 Å². The Kier molecular flexibility index (Phi) is 22.0. The molecule has 3 atom stereocenters. The smallest absolute Gasteiger partial charge is 0.265 e. The topological polar surface area (TPSA) is 203 Å². The number of likely N-dealkylation sites (tertiary alicyclic amines) is 1. The van der Waals surface area contributed by atoms with Crippen LogP contribution in [0.4, 0.5) is 11.4 Å². The largest absolute Gasteiger partial charge is 0.484 e. The number of rotatable bonds is 28. The number of nitrogens with zero attached hydrogens (tertiary/aromatic N) is 4. The molecular formula is C56H64ClN7O10S. The minimum atomic E-state index is -0.310. The van der Waals surface area contributed by atoms with Gasteiger partial charge in [-0.2, -0.15) is 5.26 Å². The lowest BCUT2D eigenvalue weighted by Crippen LogP contribution is -2.43. The van der Waals surface area contributed by atoms with Crippen molar-refractivity contribution in [3.05, 3.63) is 135 Å². The predicted octanol–water partition coefficient (Wildman–Crippen LogP) is 8.04. The first-order valence-corrected chi connectivity index (χ1v) is 26.4. The Labute approximate surface area is 447 Å². The van der Waals surface area contributed by atoms with Crippen molar-refractivity contribution in [3.63, 3.8) is 0 Å². The molecule has 2 aliphatic rings. The van der Waals surface area contributed by atoms with E-state index in [0.717, 1.165) is 52.9 Å². The van der Waals surface area contributed by atoms with Gasteiger partial charge in [-0.15, -0.1) is 11.3 Å². The van der Waals surface area contributed by atoms with Crippen LogP contribution in [0.25, 0.3) is 17.2 Å². The molecule has 1 aromatic heterocycles. The van der Waals surface area contributed by atoms with Crippen LogP contribution in [0.15, 0.2) is 108 Å². The maximum absolute atomic E-state index is 13.2. The number of anilines is 2. The summed E-state index contributed by atoms with van der Waals surface area (Å²) in [5.41, 5.74) is 6.34. The molecular weight excluding hydrogens is 998 g/mol. The van der Waals surface area contributed by atoms with E-state index in [1.54, 1.807) is 47.7 Å². The van der Waals surface area contributed by atoms with Gasteiger partial charge in [0, 0.05) is 66.1 Å². The van der Waals surface area contributed by atoms with Gasteiger partial charge in [-0.1, -0.05) is 41.9 Å². The van der Waals surface area contributed by atoms with Gasteiger partial charge in [-0.3, -0.25) is 19.2 Å². The van der Waals surface area contributed by atoms with Crippen molar-refractivity contribution in [1.82, 2.24) is 20.5 Å². The minimum Gasteiger partial charge on any atom is -0.484 e. The Balaban J connectivity index is 0.662. The molecule has 0 radical (unpaired) electrons. The molecule has 0 saturated carbocycles. The highest BCUT2D eigenvalue weighted by atomic mass is 35.5. The summed E-state index contributed by atoms with van der Waals surface area (Å²) in [6.45, 7) is 8.59. The number of ether oxygens (including phenoxy) is 6. The fourth-order valence-electron chi connectivity index (χ4n) is 8.87. The zero-order valence-electron chi connectivity index (χ0n) is 42.3. The van der Waals surface area contributed by atoms with Crippen LogP contribution in [-0.2, 0) is 38.1 Å². The Morgan fingerprint density at radius 3 is 2.04 bits per heavy atom. The van der Waals surface area contributed by atoms with Gasteiger partial charge in [-0.25, -0.2) is 4.98 Å².